The minimum absolute atomic E-state index is 0.0418. The predicted molar refractivity (Wildman–Crippen MR) is 164 cm³/mol. The van der Waals surface area contributed by atoms with E-state index in [2.05, 4.69) is 25.8 Å². The number of piperidine rings is 1. The van der Waals surface area contributed by atoms with E-state index in [9.17, 15) is 14.0 Å². The van der Waals surface area contributed by atoms with Crippen LogP contribution in [0.3, 0.4) is 0 Å². The van der Waals surface area contributed by atoms with Gasteiger partial charge in [-0.1, -0.05) is 6.07 Å². The zero-order chi connectivity index (χ0) is 29.9. The number of nitrogens with one attached hydrogen (secondary N) is 3. The fraction of sp³-hybridized carbons (Fsp3) is 0.355. The number of pyridine rings is 2. The van der Waals surface area contributed by atoms with Gasteiger partial charge in [0.2, 0.25) is 5.91 Å². The van der Waals surface area contributed by atoms with E-state index < -0.39 is 5.82 Å². The number of aromatic nitrogens is 2. The summed E-state index contributed by atoms with van der Waals surface area (Å²) in [5, 5.41) is 8.36. The number of rotatable bonds is 9. The van der Waals surface area contributed by atoms with Crippen molar-refractivity contribution in [3.05, 3.63) is 66.2 Å². The first-order valence-electron chi connectivity index (χ1n) is 14.5. The average molecular weight is 604 g/mol. The summed E-state index contributed by atoms with van der Waals surface area (Å²) in [6.45, 7) is 3.97. The molecule has 1 saturated heterocycles. The molecular formula is C31H34FN7O3S. The van der Waals surface area contributed by atoms with Crippen LogP contribution in [0.1, 0.15) is 38.2 Å². The van der Waals surface area contributed by atoms with Crippen molar-refractivity contribution in [2.75, 3.05) is 18.4 Å². The predicted octanol–water partition coefficient (Wildman–Crippen LogP) is 5.21. The number of fused-ring (bicyclic) bond motifs is 1. The van der Waals surface area contributed by atoms with Gasteiger partial charge in [0.1, 0.15) is 5.75 Å². The molecule has 43 heavy (non-hydrogen) atoms. The largest absolute Gasteiger partial charge is 0.453 e. The molecular weight excluding hydrogens is 569 g/mol. The molecule has 0 radical (unpaired) electrons. The van der Waals surface area contributed by atoms with Crippen molar-refractivity contribution < 1.29 is 18.7 Å². The summed E-state index contributed by atoms with van der Waals surface area (Å²) in [6, 6.07) is 11.9. The number of thiophene rings is 1. The van der Waals surface area contributed by atoms with Crippen molar-refractivity contribution in [1.82, 2.24) is 25.5 Å². The maximum Gasteiger partial charge on any atom is 0.319 e. The summed E-state index contributed by atoms with van der Waals surface area (Å²) in [5.41, 5.74) is 9.31. The van der Waals surface area contributed by atoms with E-state index in [-0.39, 0.29) is 35.8 Å². The quantitative estimate of drug-likeness (QED) is 0.206. The molecule has 1 aliphatic heterocycles. The second-order valence-corrected chi connectivity index (χ2v) is 12.0. The van der Waals surface area contributed by atoms with Gasteiger partial charge in [-0.15, -0.1) is 11.3 Å². The topological polar surface area (TPSA) is 134 Å². The molecule has 3 amide bonds. The Bertz CT molecular complexity index is 1630. The van der Waals surface area contributed by atoms with E-state index in [4.69, 9.17) is 15.5 Å². The average Bonchev–Trinajstić information content (AvgIpc) is 3.69. The van der Waals surface area contributed by atoms with E-state index in [0.29, 0.717) is 30.9 Å². The molecule has 0 bridgehead atoms. The van der Waals surface area contributed by atoms with Gasteiger partial charge in [-0.25, -0.2) is 9.18 Å². The van der Waals surface area contributed by atoms with Gasteiger partial charge < -0.3 is 26.4 Å². The first-order chi connectivity index (χ1) is 20.9. The third kappa shape index (κ3) is 6.93. The number of nitrogens with two attached hydrogens (primary N) is 1. The highest BCUT2D eigenvalue weighted by molar-refractivity contribution is 7.22. The van der Waals surface area contributed by atoms with Crippen LogP contribution < -0.4 is 26.4 Å². The number of urea groups is 1. The van der Waals surface area contributed by atoms with Crippen LogP contribution in [0.5, 0.6) is 11.5 Å². The van der Waals surface area contributed by atoms with Crippen molar-refractivity contribution in [3.8, 4) is 22.1 Å². The maximum absolute atomic E-state index is 14.9. The normalized spacial score (nSPS) is 18.8. The summed E-state index contributed by atoms with van der Waals surface area (Å²) in [6.07, 6.45) is 6.65. The number of carbonyl (C=O) groups excluding carboxylic acids is 2. The first-order valence-corrected chi connectivity index (χ1v) is 15.3. The molecule has 1 saturated carbocycles. The van der Waals surface area contributed by atoms with Gasteiger partial charge in [-0.2, -0.15) is 0 Å². The Kier molecular flexibility index (Phi) is 8.50. The van der Waals surface area contributed by atoms with Crippen LogP contribution in [0.2, 0.25) is 0 Å². The highest BCUT2D eigenvalue weighted by Gasteiger charge is 2.30. The molecule has 3 aromatic heterocycles. The summed E-state index contributed by atoms with van der Waals surface area (Å²) in [7, 11) is 0. The number of hydrogen-bond donors (Lipinski definition) is 4. The summed E-state index contributed by atoms with van der Waals surface area (Å²) in [4.78, 5) is 36.4. The van der Waals surface area contributed by atoms with Gasteiger partial charge >= 0.3 is 6.03 Å². The molecule has 6 rings (SSSR count). The first kappa shape index (κ1) is 29.0. The molecule has 10 nitrogen and oxygen atoms in total. The van der Waals surface area contributed by atoms with E-state index in [1.54, 1.807) is 18.3 Å². The molecule has 2 fully saturated rings. The van der Waals surface area contributed by atoms with E-state index >= 15 is 0 Å². The fourth-order valence-electron chi connectivity index (χ4n) is 5.18. The number of amides is 3. The fourth-order valence-corrected chi connectivity index (χ4v) is 6.22. The lowest BCUT2D eigenvalue weighted by Gasteiger charge is -2.36. The van der Waals surface area contributed by atoms with Crippen molar-refractivity contribution >= 4 is 39.2 Å². The Hall–Kier alpha value is -4.13. The Morgan fingerprint density at radius 3 is 2.70 bits per heavy atom. The molecule has 12 heteroatoms. The lowest BCUT2D eigenvalue weighted by atomic mass is 9.93. The van der Waals surface area contributed by atoms with Crippen LogP contribution in [0, 0.1) is 11.7 Å². The number of likely N-dealkylation sites (tertiary alicyclic amines) is 1. The summed E-state index contributed by atoms with van der Waals surface area (Å²) < 4.78 is 21.6. The zero-order valence-electron chi connectivity index (χ0n) is 23.8. The van der Waals surface area contributed by atoms with E-state index in [0.717, 1.165) is 52.2 Å². The zero-order valence-corrected chi connectivity index (χ0v) is 24.6. The monoisotopic (exact) mass is 603 g/mol. The molecule has 224 valence electrons. The number of nitrogens with zero attached hydrogens (tertiary/aromatic N) is 3. The second-order valence-electron chi connectivity index (χ2n) is 11.0. The number of anilines is 1. The van der Waals surface area contributed by atoms with Crippen molar-refractivity contribution in [2.45, 2.75) is 51.4 Å². The van der Waals surface area contributed by atoms with Crippen LogP contribution >= 0.6 is 11.3 Å². The molecule has 1 aliphatic carbocycles. The molecule has 4 heterocycles. The number of carbonyl (C=O) groups is 2. The molecule has 5 N–H and O–H groups in total. The Morgan fingerprint density at radius 1 is 1.12 bits per heavy atom. The summed E-state index contributed by atoms with van der Waals surface area (Å²) >= 11 is 1.47. The van der Waals surface area contributed by atoms with Gasteiger partial charge in [0.15, 0.2) is 11.6 Å². The smallest absolute Gasteiger partial charge is 0.319 e. The minimum atomic E-state index is -0.587. The van der Waals surface area contributed by atoms with Crippen molar-refractivity contribution in [1.29, 1.82) is 0 Å². The second kappa shape index (κ2) is 12.6. The number of ether oxygens (including phenoxy) is 1. The lowest BCUT2D eigenvalue weighted by molar-refractivity contribution is -0.127. The van der Waals surface area contributed by atoms with Gasteiger partial charge in [-0.3, -0.25) is 19.7 Å². The highest BCUT2D eigenvalue weighted by Crippen LogP contribution is 2.39. The standard InChI is InChI=1S/C31H34FN7O3S/c1-2-34-30(40)19-10-12-39(28(33)13-19)17-18-3-7-23(36-16-18)27-15-24-29(43-27)26(9-11-35-24)42-25-8-6-21(14-22(25)32)38-31(41)37-20-4-5-20/h3,6-9,11,14-16,19-20,28H,2,4-5,10,12-13,17,33H2,1H3,(H,34,40)(H2,37,38,41). The van der Waals surface area contributed by atoms with Crippen molar-refractivity contribution in [3.63, 3.8) is 0 Å². The van der Waals surface area contributed by atoms with Gasteiger partial charge in [-0.05, 0) is 62.4 Å². The highest BCUT2D eigenvalue weighted by atomic mass is 32.1. The van der Waals surface area contributed by atoms with Crippen LogP contribution in [0.4, 0.5) is 14.9 Å². The molecule has 2 aliphatic rings. The Morgan fingerprint density at radius 2 is 1.98 bits per heavy atom. The van der Waals surface area contributed by atoms with E-state index in [1.165, 1.54) is 23.5 Å². The Balaban J connectivity index is 1.11. The van der Waals surface area contributed by atoms with Gasteiger partial charge in [0, 0.05) is 61.8 Å². The number of benzene rings is 1. The van der Waals surface area contributed by atoms with Crippen molar-refractivity contribution in [2.24, 2.45) is 11.7 Å². The third-order valence-electron chi connectivity index (χ3n) is 7.64. The van der Waals surface area contributed by atoms with Crippen LogP contribution in [0.15, 0.2) is 54.9 Å². The number of hydrogen-bond acceptors (Lipinski definition) is 8. The third-order valence-corrected chi connectivity index (χ3v) is 8.80. The Labute approximate surface area is 252 Å². The molecule has 2 unspecified atom stereocenters. The SMILES string of the molecule is CCNC(=O)C1CCN(Cc2ccc(-c3cc4nccc(Oc5ccc(NC(=O)NC6CC6)cc5F)c4s3)nc2)C(N)C1. The van der Waals surface area contributed by atoms with Gasteiger partial charge in [0.05, 0.1) is 27.0 Å². The molecule has 0 spiro atoms. The molecule has 2 atom stereocenters. The molecule has 1 aromatic carbocycles. The van der Waals surface area contributed by atoms with Gasteiger partial charge in [0.25, 0.3) is 0 Å². The maximum atomic E-state index is 14.9. The van der Waals surface area contributed by atoms with Crippen LogP contribution in [-0.4, -0.2) is 52.1 Å². The minimum Gasteiger partial charge on any atom is -0.453 e. The lowest BCUT2D eigenvalue weighted by Crippen LogP contribution is -2.50. The summed E-state index contributed by atoms with van der Waals surface area (Å²) in [5.74, 6) is -0.0169. The molecule has 4 aromatic rings. The van der Waals surface area contributed by atoms with Crippen LogP contribution in [-0.2, 0) is 11.3 Å². The number of halogens is 1. The van der Waals surface area contributed by atoms with E-state index in [1.807, 2.05) is 31.3 Å². The van der Waals surface area contributed by atoms with Crippen LogP contribution in [0.25, 0.3) is 20.8 Å².